The SMILES string of the molecule is CCn1c(=O)sc2cc(NC(=O)c3cccs3)ccc21. The molecule has 102 valence electrons. The molecule has 0 saturated carbocycles. The van der Waals surface area contributed by atoms with Gasteiger partial charge in [-0.15, -0.1) is 11.3 Å². The molecule has 0 aliphatic heterocycles. The molecule has 0 fully saturated rings. The van der Waals surface area contributed by atoms with Crippen molar-refractivity contribution in [2.24, 2.45) is 0 Å². The number of nitrogens with zero attached hydrogens (tertiary/aromatic N) is 1. The number of carbonyl (C=O) groups excluding carboxylic acids is 1. The number of nitrogens with one attached hydrogen (secondary N) is 1. The number of aromatic nitrogens is 1. The quantitative estimate of drug-likeness (QED) is 0.806. The summed E-state index contributed by atoms with van der Waals surface area (Å²) in [6, 6.07) is 9.17. The monoisotopic (exact) mass is 304 g/mol. The first-order valence-electron chi connectivity index (χ1n) is 6.17. The summed E-state index contributed by atoms with van der Waals surface area (Å²) >= 11 is 2.60. The minimum atomic E-state index is -0.123. The van der Waals surface area contributed by atoms with Crippen LogP contribution in [0.4, 0.5) is 5.69 Å². The van der Waals surface area contributed by atoms with E-state index in [1.165, 1.54) is 22.7 Å². The van der Waals surface area contributed by atoms with Gasteiger partial charge in [-0.2, -0.15) is 0 Å². The topological polar surface area (TPSA) is 51.1 Å². The molecule has 4 nitrogen and oxygen atoms in total. The zero-order valence-corrected chi connectivity index (χ0v) is 12.4. The third-order valence-electron chi connectivity index (χ3n) is 2.99. The Balaban J connectivity index is 1.94. The predicted octanol–water partition coefficient (Wildman–Crippen LogP) is 3.40. The van der Waals surface area contributed by atoms with Crippen LogP contribution < -0.4 is 10.2 Å². The Hall–Kier alpha value is -1.92. The van der Waals surface area contributed by atoms with Gasteiger partial charge in [0.1, 0.15) is 0 Å². The fourth-order valence-corrected chi connectivity index (χ4v) is 3.66. The number of thiophene rings is 1. The lowest BCUT2D eigenvalue weighted by Gasteiger charge is -2.04. The summed E-state index contributed by atoms with van der Waals surface area (Å²) in [5.41, 5.74) is 1.62. The largest absolute Gasteiger partial charge is 0.321 e. The molecule has 0 atom stereocenters. The van der Waals surface area contributed by atoms with Gasteiger partial charge in [0.25, 0.3) is 5.91 Å². The summed E-state index contributed by atoms with van der Waals surface area (Å²) in [7, 11) is 0. The van der Waals surface area contributed by atoms with Gasteiger partial charge in [0.05, 0.1) is 15.1 Å². The first kappa shape index (κ1) is 13.1. The Bertz CT molecular complexity index is 815. The molecule has 0 aliphatic carbocycles. The van der Waals surface area contributed by atoms with E-state index in [-0.39, 0.29) is 10.8 Å². The number of benzene rings is 1. The molecular formula is C14H12N2O2S2. The van der Waals surface area contributed by atoms with Gasteiger partial charge in [0.15, 0.2) is 0 Å². The van der Waals surface area contributed by atoms with Crippen LogP contribution >= 0.6 is 22.7 Å². The van der Waals surface area contributed by atoms with Crippen molar-refractivity contribution in [2.75, 3.05) is 5.32 Å². The molecule has 3 aromatic rings. The highest BCUT2D eigenvalue weighted by Gasteiger charge is 2.10. The first-order chi connectivity index (χ1) is 9.69. The second-order valence-corrected chi connectivity index (χ2v) is 6.17. The third-order valence-corrected chi connectivity index (χ3v) is 4.80. The van der Waals surface area contributed by atoms with Crippen LogP contribution in [0.2, 0.25) is 0 Å². The highest BCUT2D eigenvalue weighted by atomic mass is 32.1. The summed E-state index contributed by atoms with van der Waals surface area (Å²) in [6.07, 6.45) is 0. The van der Waals surface area contributed by atoms with Crippen molar-refractivity contribution >= 4 is 44.5 Å². The normalized spacial score (nSPS) is 10.8. The maximum atomic E-state index is 12.0. The molecule has 0 unspecified atom stereocenters. The highest BCUT2D eigenvalue weighted by Crippen LogP contribution is 2.22. The van der Waals surface area contributed by atoms with Gasteiger partial charge in [0, 0.05) is 12.2 Å². The van der Waals surface area contributed by atoms with Crippen molar-refractivity contribution in [3.05, 3.63) is 50.3 Å². The zero-order chi connectivity index (χ0) is 14.1. The second kappa shape index (κ2) is 5.22. The van der Waals surface area contributed by atoms with E-state index in [1.807, 2.05) is 36.6 Å². The van der Waals surface area contributed by atoms with Crippen molar-refractivity contribution in [3.8, 4) is 0 Å². The van der Waals surface area contributed by atoms with E-state index in [0.29, 0.717) is 17.1 Å². The van der Waals surface area contributed by atoms with Crippen molar-refractivity contribution in [1.29, 1.82) is 0 Å². The van der Waals surface area contributed by atoms with E-state index < -0.39 is 0 Å². The van der Waals surface area contributed by atoms with Crippen molar-refractivity contribution < 1.29 is 4.79 Å². The van der Waals surface area contributed by atoms with Gasteiger partial charge >= 0.3 is 4.87 Å². The Morgan fingerprint density at radius 1 is 1.35 bits per heavy atom. The molecule has 1 N–H and O–H groups in total. The smallest absolute Gasteiger partial charge is 0.308 e. The number of thiazole rings is 1. The van der Waals surface area contributed by atoms with Gasteiger partial charge in [0.2, 0.25) is 0 Å². The number of amides is 1. The first-order valence-corrected chi connectivity index (χ1v) is 7.87. The molecule has 3 rings (SSSR count). The third kappa shape index (κ3) is 2.28. The van der Waals surface area contributed by atoms with Gasteiger partial charge < -0.3 is 5.32 Å². The van der Waals surface area contributed by atoms with Crippen LogP contribution in [0.15, 0.2) is 40.5 Å². The predicted molar refractivity (Wildman–Crippen MR) is 84.0 cm³/mol. The lowest BCUT2D eigenvalue weighted by Crippen LogP contribution is -2.11. The van der Waals surface area contributed by atoms with E-state index in [9.17, 15) is 9.59 Å². The standard InChI is InChI=1S/C14H12N2O2S2/c1-2-16-10-6-5-9(8-12(10)20-14(16)18)15-13(17)11-4-3-7-19-11/h3-8H,2H2,1H3,(H,15,17). The number of fused-ring (bicyclic) bond motifs is 1. The van der Waals surface area contributed by atoms with Crippen molar-refractivity contribution in [2.45, 2.75) is 13.5 Å². The minimum Gasteiger partial charge on any atom is -0.321 e. The van der Waals surface area contributed by atoms with Crippen molar-refractivity contribution in [3.63, 3.8) is 0 Å². The number of hydrogen-bond acceptors (Lipinski definition) is 4. The Morgan fingerprint density at radius 2 is 2.20 bits per heavy atom. The summed E-state index contributed by atoms with van der Waals surface area (Å²) in [6.45, 7) is 2.60. The van der Waals surface area contributed by atoms with E-state index in [4.69, 9.17) is 0 Å². The Kier molecular flexibility index (Phi) is 3.42. The Labute approximate surface area is 123 Å². The molecule has 1 aromatic carbocycles. The van der Waals surface area contributed by atoms with Crippen LogP contribution in [0.25, 0.3) is 10.2 Å². The zero-order valence-electron chi connectivity index (χ0n) is 10.8. The molecule has 0 aliphatic rings. The van der Waals surface area contributed by atoms with E-state index >= 15 is 0 Å². The van der Waals surface area contributed by atoms with Crippen LogP contribution in [0.1, 0.15) is 16.6 Å². The minimum absolute atomic E-state index is 0.0317. The lowest BCUT2D eigenvalue weighted by molar-refractivity contribution is 0.103. The summed E-state index contributed by atoms with van der Waals surface area (Å²) < 4.78 is 2.62. The van der Waals surface area contributed by atoms with Gasteiger partial charge in [-0.1, -0.05) is 17.4 Å². The lowest BCUT2D eigenvalue weighted by atomic mass is 10.3. The van der Waals surface area contributed by atoms with Gasteiger partial charge in [-0.05, 0) is 36.6 Å². The number of hydrogen-bond donors (Lipinski definition) is 1. The van der Waals surface area contributed by atoms with Crippen LogP contribution in [-0.4, -0.2) is 10.5 Å². The van der Waals surface area contributed by atoms with Crippen LogP contribution in [0.3, 0.4) is 0 Å². The molecule has 1 amide bonds. The highest BCUT2D eigenvalue weighted by molar-refractivity contribution is 7.16. The van der Waals surface area contributed by atoms with Crippen LogP contribution in [0.5, 0.6) is 0 Å². The Morgan fingerprint density at radius 3 is 2.90 bits per heavy atom. The van der Waals surface area contributed by atoms with Crippen LogP contribution in [0, 0.1) is 0 Å². The van der Waals surface area contributed by atoms with E-state index in [1.54, 1.807) is 10.6 Å². The maximum Gasteiger partial charge on any atom is 0.308 e. The molecular weight excluding hydrogens is 292 g/mol. The average molecular weight is 304 g/mol. The summed E-state index contributed by atoms with van der Waals surface area (Å²) in [4.78, 5) is 24.5. The molecule has 2 aromatic heterocycles. The van der Waals surface area contributed by atoms with E-state index in [2.05, 4.69) is 5.32 Å². The molecule has 2 heterocycles. The second-order valence-electron chi connectivity index (χ2n) is 4.23. The summed E-state index contributed by atoms with van der Waals surface area (Å²) in [5.74, 6) is -0.123. The average Bonchev–Trinajstić information content (AvgIpc) is 3.04. The molecule has 0 bridgehead atoms. The van der Waals surface area contributed by atoms with Crippen molar-refractivity contribution in [1.82, 2.24) is 4.57 Å². The molecule has 0 saturated heterocycles. The van der Waals surface area contributed by atoms with Gasteiger partial charge in [-0.3, -0.25) is 14.2 Å². The molecule has 0 radical (unpaired) electrons. The number of aryl methyl sites for hydroxylation is 1. The number of carbonyl (C=O) groups is 1. The summed E-state index contributed by atoms with van der Waals surface area (Å²) in [5, 5.41) is 4.72. The molecule has 20 heavy (non-hydrogen) atoms. The maximum absolute atomic E-state index is 12.0. The molecule has 0 spiro atoms. The van der Waals surface area contributed by atoms with Crippen LogP contribution in [-0.2, 0) is 6.54 Å². The number of rotatable bonds is 3. The number of anilines is 1. The molecule has 6 heteroatoms. The van der Waals surface area contributed by atoms with E-state index in [0.717, 1.165) is 10.2 Å². The fraction of sp³-hybridized carbons (Fsp3) is 0.143. The fourth-order valence-electron chi connectivity index (χ4n) is 2.04. The van der Waals surface area contributed by atoms with Gasteiger partial charge in [-0.25, -0.2) is 0 Å².